The van der Waals surface area contributed by atoms with Crippen molar-refractivity contribution in [1.29, 1.82) is 0 Å². The molecule has 0 bridgehead atoms. The molecule has 0 radical (unpaired) electrons. The molecule has 1 saturated carbocycles. The topological polar surface area (TPSA) is 87.7 Å². The number of alkyl carbamates (subject to hydrolysis) is 1. The minimum absolute atomic E-state index is 0.117. The molecule has 2 atom stereocenters. The molecule has 1 aliphatic carbocycles. The van der Waals surface area contributed by atoms with Gasteiger partial charge >= 0.3 is 6.09 Å². The zero-order valence-corrected chi connectivity index (χ0v) is 24.1. The maximum Gasteiger partial charge on any atom is 0.408 e. The van der Waals surface area contributed by atoms with E-state index in [1.165, 1.54) is 0 Å². The quantitative estimate of drug-likeness (QED) is 0.395. The van der Waals surface area contributed by atoms with Gasteiger partial charge in [-0.25, -0.2) is 4.79 Å². The fourth-order valence-electron chi connectivity index (χ4n) is 4.60. The smallest absolute Gasteiger partial charge is 0.408 e. The molecule has 208 valence electrons. The van der Waals surface area contributed by atoms with Crippen molar-refractivity contribution in [2.45, 2.75) is 91.5 Å². The number of benzene rings is 2. The second-order valence-electron chi connectivity index (χ2n) is 11.7. The molecule has 1 fully saturated rings. The molecular formula is C32H41N3O4. The van der Waals surface area contributed by atoms with Crippen LogP contribution in [-0.2, 0) is 14.3 Å². The molecule has 2 N–H and O–H groups in total. The predicted molar refractivity (Wildman–Crippen MR) is 154 cm³/mol. The van der Waals surface area contributed by atoms with Crippen molar-refractivity contribution in [2.24, 2.45) is 5.92 Å². The van der Waals surface area contributed by atoms with Crippen LogP contribution in [0.5, 0.6) is 0 Å². The number of rotatable bonds is 9. The highest BCUT2D eigenvalue weighted by atomic mass is 16.6. The monoisotopic (exact) mass is 531 g/mol. The zero-order valence-electron chi connectivity index (χ0n) is 24.1. The van der Waals surface area contributed by atoms with Crippen molar-refractivity contribution in [1.82, 2.24) is 10.2 Å². The summed E-state index contributed by atoms with van der Waals surface area (Å²) in [6, 6.07) is 11.1. The Hall–Kier alpha value is -3.79. The molecule has 39 heavy (non-hydrogen) atoms. The summed E-state index contributed by atoms with van der Waals surface area (Å²) in [4.78, 5) is 42.7. The van der Waals surface area contributed by atoms with Crippen LogP contribution in [0.2, 0.25) is 0 Å². The molecule has 0 spiro atoms. The molecule has 3 amide bonds. The highest BCUT2D eigenvalue weighted by Gasteiger charge is 2.44. The number of ether oxygens (including phenoxy) is 1. The Morgan fingerprint density at radius 1 is 1.05 bits per heavy atom. The van der Waals surface area contributed by atoms with E-state index in [0.717, 1.165) is 29.7 Å². The minimum Gasteiger partial charge on any atom is -0.444 e. The van der Waals surface area contributed by atoms with Crippen LogP contribution in [0, 0.1) is 32.1 Å². The number of aryl methyl sites for hydroxylation is 2. The zero-order chi connectivity index (χ0) is 28.9. The number of amides is 3. The molecule has 3 rings (SSSR count). The molecule has 2 aromatic carbocycles. The molecule has 2 aromatic rings. The third-order valence-electron chi connectivity index (χ3n) is 6.54. The fraction of sp³-hybridized carbons (Fsp3) is 0.469. The molecule has 0 aromatic heterocycles. The van der Waals surface area contributed by atoms with E-state index in [2.05, 4.69) is 16.6 Å². The molecule has 1 aliphatic rings. The first-order chi connectivity index (χ1) is 18.3. The first-order valence-corrected chi connectivity index (χ1v) is 13.6. The van der Waals surface area contributed by atoms with E-state index in [4.69, 9.17) is 11.2 Å². The third-order valence-corrected chi connectivity index (χ3v) is 6.54. The van der Waals surface area contributed by atoms with Gasteiger partial charge in [-0.2, -0.15) is 0 Å². The van der Waals surface area contributed by atoms with Gasteiger partial charge in [0.2, 0.25) is 5.91 Å². The number of nitrogens with one attached hydrogen (secondary N) is 2. The van der Waals surface area contributed by atoms with Crippen LogP contribution in [0.25, 0.3) is 0 Å². The summed E-state index contributed by atoms with van der Waals surface area (Å²) in [5.74, 6) is 2.10. The molecule has 2 unspecified atom stereocenters. The number of hydrogen-bond donors (Lipinski definition) is 2. The summed E-state index contributed by atoms with van der Waals surface area (Å²) in [6.07, 6.45) is 6.87. The molecule has 0 saturated heterocycles. The Balaban J connectivity index is 2.03. The predicted octanol–water partition coefficient (Wildman–Crippen LogP) is 5.89. The Labute approximate surface area is 232 Å². The number of hydrogen-bond acceptors (Lipinski definition) is 4. The Bertz CT molecular complexity index is 1210. The van der Waals surface area contributed by atoms with Crippen LogP contribution in [0.3, 0.4) is 0 Å². The van der Waals surface area contributed by atoms with E-state index in [1.54, 1.807) is 49.9 Å². The van der Waals surface area contributed by atoms with Crippen LogP contribution < -0.4 is 10.6 Å². The molecule has 0 heterocycles. The van der Waals surface area contributed by atoms with Gasteiger partial charge in [0.05, 0.1) is 0 Å². The number of para-hydroxylation sites is 1. The summed E-state index contributed by atoms with van der Waals surface area (Å²) in [5, 5.41) is 5.88. The van der Waals surface area contributed by atoms with Crippen LogP contribution in [0.15, 0.2) is 42.5 Å². The highest BCUT2D eigenvalue weighted by molar-refractivity contribution is 6.00. The molecule has 0 aliphatic heterocycles. The van der Waals surface area contributed by atoms with E-state index >= 15 is 0 Å². The lowest BCUT2D eigenvalue weighted by atomic mass is 9.98. The molecule has 7 nitrogen and oxygen atoms in total. The van der Waals surface area contributed by atoms with Gasteiger partial charge in [0.1, 0.15) is 17.7 Å². The van der Waals surface area contributed by atoms with Gasteiger partial charge in [-0.05, 0) is 88.6 Å². The van der Waals surface area contributed by atoms with E-state index in [1.807, 2.05) is 45.9 Å². The maximum atomic E-state index is 14.2. The molecular weight excluding hydrogens is 490 g/mol. The summed E-state index contributed by atoms with van der Waals surface area (Å²) in [6.45, 7) is 13.2. The van der Waals surface area contributed by atoms with Crippen LogP contribution >= 0.6 is 0 Å². The lowest BCUT2D eigenvalue weighted by Crippen LogP contribution is -2.53. The maximum absolute atomic E-state index is 14.2. The van der Waals surface area contributed by atoms with Crippen LogP contribution in [0.4, 0.5) is 10.5 Å². The number of nitrogens with zero attached hydrogens (tertiary/aromatic N) is 1. The van der Waals surface area contributed by atoms with Crippen molar-refractivity contribution >= 4 is 23.6 Å². The largest absolute Gasteiger partial charge is 0.444 e. The Morgan fingerprint density at radius 2 is 1.64 bits per heavy atom. The number of carbonyl (C=O) groups is 3. The van der Waals surface area contributed by atoms with Gasteiger partial charge in [-0.15, -0.1) is 6.42 Å². The van der Waals surface area contributed by atoms with E-state index < -0.39 is 23.8 Å². The van der Waals surface area contributed by atoms with Gasteiger partial charge in [-0.3, -0.25) is 9.59 Å². The van der Waals surface area contributed by atoms with Gasteiger partial charge in [0.15, 0.2) is 0 Å². The lowest BCUT2D eigenvalue weighted by Gasteiger charge is -2.35. The summed E-state index contributed by atoms with van der Waals surface area (Å²) >= 11 is 0. The number of anilines is 1. The van der Waals surface area contributed by atoms with Gasteiger partial charge in [0, 0.05) is 17.3 Å². The summed E-state index contributed by atoms with van der Waals surface area (Å²) in [5.41, 5.74) is 3.20. The first-order valence-electron chi connectivity index (χ1n) is 13.6. The van der Waals surface area contributed by atoms with Crippen molar-refractivity contribution in [3.05, 3.63) is 64.7 Å². The van der Waals surface area contributed by atoms with Gasteiger partial charge in [0.25, 0.3) is 5.91 Å². The SMILES string of the molecule is C#Cc1ccc(C(C(=O)Nc2c(C)cccc2C)N(C(=O)C(CC(C)C)NC(=O)OC(C)(C)C)C2CC2)cc1. The third kappa shape index (κ3) is 8.10. The van der Waals surface area contributed by atoms with Gasteiger partial charge < -0.3 is 20.3 Å². The normalized spacial score (nSPS) is 14.6. The summed E-state index contributed by atoms with van der Waals surface area (Å²) in [7, 11) is 0. The van der Waals surface area contributed by atoms with Crippen molar-refractivity contribution in [2.75, 3.05) is 5.32 Å². The minimum atomic E-state index is -0.911. The Morgan fingerprint density at radius 3 is 2.13 bits per heavy atom. The summed E-state index contributed by atoms with van der Waals surface area (Å²) < 4.78 is 5.46. The van der Waals surface area contributed by atoms with E-state index in [0.29, 0.717) is 17.5 Å². The van der Waals surface area contributed by atoms with E-state index in [-0.39, 0.29) is 23.8 Å². The first kappa shape index (κ1) is 29.8. The van der Waals surface area contributed by atoms with Crippen molar-refractivity contribution in [3.63, 3.8) is 0 Å². The number of carbonyl (C=O) groups excluding carboxylic acids is 3. The Kier molecular flexibility index (Phi) is 9.45. The van der Waals surface area contributed by atoms with Gasteiger partial charge in [-0.1, -0.05) is 50.1 Å². The second kappa shape index (κ2) is 12.4. The fourth-order valence-corrected chi connectivity index (χ4v) is 4.60. The van der Waals surface area contributed by atoms with Crippen molar-refractivity contribution < 1.29 is 19.1 Å². The van der Waals surface area contributed by atoms with E-state index in [9.17, 15) is 14.4 Å². The number of terminal acetylenes is 1. The molecule has 7 heteroatoms. The second-order valence-corrected chi connectivity index (χ2v) is 11.7. The highest BCUT2D eigenvalue weighted by Crippen LogP contribution is 2.37. The van der Waals surface area contributed by atoms with Crippen LogP contribution in [0.1, 0.15) is 82.2 Å². The van der Waals surface area contributed by atoms with Crippen molar-refractivity contribution in [3.8, 4) is 12.3 Å². The lowest BCUT2D eigenvalue weighted by molar-refractivity contribution is -0.141. The standard InChI is InChI=1S/C32H41N3O4/c1-9-23-13-15-24(16-14-23)28(29(36)34-27-21(4)11-10-12-22(27)5)35(25-17-18-25)30(37)26(19-20(2)3)33-31(38)39-32(6,7)8/h1,10-16,20,25-26,28H,17-19H2,2-8H3,(H,33,38)(H,34,36). The average molecular weight is 532 g/mol. The van der Waals surface area contributed by atoms with Crippen LogP contribution in [-0.4, -0.2) is 40.5 Å². The average Bonchev–Trinajstić information content (AvgIpc) is 3.68.